The Bertz CT molecular complexity index is 578. The Morgan fingerprint density at radius 2 is 2.11 bits per heavy atom. The molecular weight excluding hydrogens is 224 g/mol. The van der Waals surface area contributed by atoms with Gasteiger partial charge in [0.05, 0.1) is 18.2 Å². The molecule has 0 radical (unpaired) electrons. The molecule has 3 nitrogen and oxygen atoms in total. The van der Waals surface area contributed by atoms with E-state index in [0.717, 1.165) is 12.2 Å². The minimum absolute atomic E-state index is 0.385. The normalized spacial score (nSPS) is 29.9. The lowest BCUT2D eigenvalue weighted by molar-refractivity contribution is 0.102. The van der Waals surface area contributed by atoms with Crippen molar-refractivity contribution in [2.24, 2.45) is 0 Å². The van der Waals surface area contributed by atoms with Crippen molar-refractivity contribution in [3.8, 4) is 0 Å². The maximum absolute atomic E-state index is 5.88. The zero-order valence-corrected chi connectivity index (χ0v) is 10.2. The second-order valence-corrected chi connectivity index (χ2v) is 5.24. The summed E-state index contributed by atoms with van der Waals surface area (Å²) in [5, 5.41) is 6.01. The van der Waals surface area contributed by atoms with E-state index in [1.807, 2.05) is 6.20 Å². The fourth-order valence-corrected chi connectivity index (χ4v) is 3.20. The maximum Gasteiger partial charge on any atom is 0.134 e. The first-order valence-electron chi connectivity index (χ1n) is 6.66. The highest BCUT2D eigenvalue weighted by atomic mass is 16.5. The molecule has 0 spiro atoms. The van der Waals surface area contributed by atoms with Crippen molar-refractivity contribution in [3.05, 3.63) is 36.5 Å². The summed E-state index contributed by atoms with van der Waals surface area (Å²) in [5.74, 6) is 0.995. The van der Waals surface area contributed by atoms with Gasteiger partial charge in [0, 0.05) is 11.6 Å². The molecule has 3 atom stereocenters. The molecule has 1 aromatic heterocycles. The summed E-state index contributed by atoms with van der Waals surface area (Å²) >= 11 is 0. The Morgan fingerprint density at radius 3 is 2.94 bits per heavy atom. The van der Waals surface area contributed by atoms with Crippen molar-refractivity contribution in [1.29, 1.82) is 0 Å². The summed E-state index contributed by atoms with van der Waals surface area (Å²) in [6, 6.07) is 10.9. The number of ether oxygens (including phenoxy) is 1. The molecule has 2 bridgehead atoms. The van der Waals surface area contributed by atoms with Gasteiger partial charge in [0.25, 0.3) is 0 Å². The lowest BCUT2D eigenvalue weighted by Gasteiger charge is -2.21. The fraction of sp³-hybridized carbons (Fsp3) is 0.400. The van der Waals surface area contributed by atoms with E-state index in [9.17, 15) is 0 Å². The molecular formula is C15H16N2O. The van der Waals surface area contributed by atoms with Crippen LogP contribution in [0.5, 0.6) is 0 Å². The van der Waals surface area contributed by atoms with E-state index in [4.69, 9.17) is 4.74 Å². The van der Waals surface area contributed by atoms with Crippen molar-refractivity contribution in [2.75, 3.05) is 5.32 Å². The van der Waals surface area contributed by atoms with Crippen LogP contribution in [0.15, 0.2) is 36.5 Å². The van der Waals surface area contributed by atoms with Crippen molar-refractivity contribution in [3.63, 3.8) is 0 Å². The molecule has 4 rings (SSSR count). The molecule has 2 fully saturated rings. The summed E-state index contributed by atoms with van der Waals surface area (Å²) in [4.78, 5) is 4.49. The number of hydrogen-bond donors (Lipinski definition) is 1. The summed E-state index contributed by atoms with van der Waals surface area (Å²) in [6.07, 6.45) is 6.27. The third-order valence-electron chi connectivity index (χ3n) is 4.10. The van der Waals surface area contributed by atoms with E-state index in [1.54, 1.807) is 0 Å². The lowest BCUT2D eigenvalue weighted by atomic mass is 9.95. The van der Waals surface area contributed by atoms with Gasteiger partial charge in [-0.2, -0.15) is 0 Å². The highest BCUT2D eigenvalue weighted by Gasteiger charge is 2.40. The van der Waals surface area contributed by atoms with Crippen LogP contribution in [0.3, 0.4) is 0 Å². The summed E-state index contributed by atoms with van der Waals surface area (Å²) in [6.45, 7) is 0. The Kier molecular flexibility index (Phi) is 2.27. The first kappa shape index (κ1) is 10.3. The van der Waals surface area contributed by atoms with E-state index >= 15 is 0 Å². The van der Waals surface area contributed by atoms with Crippen LogP contribution in [-0.2, 0) is 4.74 Å². The molecule has 2 aliphatic rings. The Hall–Kier alpha value is -1.61. The van der Waals surface area contributed by atoms with E-state index in [1.165, 1.54) is 23.6 Å². The largest absolute Gasteiger partial charge is 0.373 e. The highest BCUT2D eigenvalue weighted by Crippen LogP contribution is 2.36. The molecule has 3 heterocycles. The van der Waals surface area contributed by atoms with Crippen LogP contribution in [-0.4, -0.2) is 23.2 Å². The monoisotopic (exact) mass is 240 g/mol. The minimum Gasteiger partial charge on any atom is -0.373 e. The van der Waals surface area contributed by atoms with Crippen LogP contribution in [0.4, 0.5) is 5.82 Å². The van der Waals surface area contributed by atoms with Gasteiger partial charge in [-0.25, -0.2) is 4.98 Å². The molecule has 0 saturated carbocycles. The van der Waals surface area contributed by atoms with Crippen LogP contribution in [0, 0.1) is 0 Å². The Morgan fingerprint density at radius 1 is 1.17 bits per heavy atom. The molecule has 2 saturated heterocycles. The summed E-state index contributed by atoms with van der Waals surface area (Å²) < 4.78 is 5.88. The number of rotatable bonds is 2. The molecule has 2 aliphatic heterocycles. The van der Waals surface area contributed by atoms with Gasteiger partial charge >= 0.3 is 0 Å². The first-order valence-corrected chi connectivity index (χ1v) is 6.66. The lowest BCUT2D eigenvalue weighted by Crippen LogP contribution is -2.30. The summed E-state index contributed by atoms with van der Waals surface area (Å²) in [7, 11) is 0. The molecule has 92 valence electrons. The van der Waals surface area contributed by atoms with Crippen molar-refractivity contribution < 1.29 is 4.74 Å². The van der Waals surface area contributed by atoms with Gasteiger partial charge in [-0.1, -0.05) is 24.3 Å². The molecule has 1 N–H and O–H groups in total. The number of anilines is 1. The number of nitrogens with zero attached hydrogens (tertiary/aromatic N) is 1. The van der Waals surface area contributed by atoms with E-state index in [0.29, 0.717) is 18.2 Å². The number of aromatic nitrogens is 1. The fourth-order valence-electron chi connectivity index (χ4n) is 3.20. The standard InChI is InChI=1S/C15H16N2O/c1-2-4-12-10(3-1)7-8-16-15(12)17-13-9-11-5-6-14(13)18-11/h1-4,7-8,11,13-14H,5-6,9H2,(H,16,17). The van der Waals surface area contributed by atoms with E-state index in [-0.39, 0.29) is 0 Å². The van der Waals surface area contributed by atoms with E-state index in [2.05, 4.69) is 40.6 Å². The smallest absolute Gasteiger partial charge is 0.134 e. The van der Waals surface area contributed by atoms with Crippen molar-refractivity contribution in [1.82, 2.24) is 4.98 Å². The van der Waals surface area contributed by atoms with Crippen molar-refractivity contribution >= 4 is 16.6 Å². The number of pyridine rings is 1. The third-order valence-corrected chi connectivity index (χ3v) is 4.10. The Labute approximate surface area is 106 Å². The number of fused-ring (bicyclic) bond motifs is 3. The van der Waals surface area contributed by atoms with E-state index < -0.39 is 0 Å². The molecule has 0 amide bonds. The zero-order chi connectivity index (χ0) is 11.9. The zero-order valence-electron chi connectivity index (χ0n) is 10.2. The van der Waals surface area contributed by atoms with Gasteiger partial charge in [0.2, 0.25) is 0 Å². The second kappa shape index (κ2) is 3.95. The highest BCUT2D eigenvalue weighted by molar-refractivity contribution is 5.91. The van der Waals surface area contributed by atoms with Gasteiger partial charge in [-0.05, 0) is 30.7 Å². The Balaban J connectivity index is 1.67. The second-order valence-electron chi connectivity index (χ2n) is 5.24. The minimum atomic E-state index is 0.385. The average Bonchev–Trinajstić information content (AvgIpc) is 3.01. The quantitative estimate of drug-likeness (QED) is 0.876. The summed E-state index contributed by atoms with van der Waals surface area (Å²) in [5.41, 5.74) is 0. The predicted octanol–water partition coefficient (Wildman–Crippen LogP) is 2.97. The third kappa shape index (κ3) is 1.58. The topological polar surface area (TPSA) is 34.1 Å². The number of benzene rings is 1. The van der Waals surface area contributed by atoms with Crippen LogP contribution in [0.1, 0.15) is 19.3 Å². The van der Waals surface area contributed by atoms with Crippen LogP contribution in [0.2, 0.25) is 0 Å². The van der Waals surface area contributed by atoms with Crippen LogP contribution < -0.4 is 5.32 Å². The van der Waals surface area contributed by atoms with Gasteiger partial charge in [-0.15, -0.1) is 0 Å². The van der Waals surface area contributed by atoms with Gasteiger partial charge in [0.1, 0.15) is 5.82 Å². The molecule has 3 unspecified atom stereocenters. The van der Waals surface area contributed by atoms with Gasteiger partial charge < -0.3 is 10.1 Å². The first-order chi connectivity index (χ1) is 8.90. The van der Waals surface area contributed by atoms with Gasteiger partial charge in [0.15, 0.2) is 0 Å². The molecule has 18 heavy (non-hydrogen) atoms. The van der Waals surface area contributed by atoms with Crippen LogP contribution >= 0.6 is 0 Å². The molecule has 0 aliphatic carbocycles. The molecule has 2 aromatic rings. The number of nitrogens with one attached hydrogen (secondary N) is 1. The maximum atomic E-state index is 5.88. The SMILES string of the molecule is c1ccc2c(NC3CC4CCC3O4)nccc2c1. The average molecular weight is 240 g/mol. The predicted molar refractivity (Wildman–Crippen MR) is 71.7 cm³/mol. The van der Waals surface area contributed by atoms with Gasteiger partial charge in [-0.3, -0.25) is 0 Å². The van der Waals surface area contributed by atoms with Crippen LogP contribution in [0.25, 0.3) is 10.8 Å². The molecule has 1 aromatic carbocycles. The molecule has 3 heteroatoms. The van der Waals surface area contributed by atoms with Crippen molar-refractivity contribution in [2.45, 2.75) is 37.5 Å². The number of hydrogen-bond acceptors (Lipinski definition) is 3.